The largest absolute Gasteiger partial charge is 1.00 e. The van der Waals surface area contributed by atoms with Crippen molar-refractivity contribution in [3.8, 4) is 5.69 Å². The molecule has 0 unspecified atom stereocenters. The summed E-state index contributed by atoms with van der Waals surface area (Å²) in [7, 11) is 0. The second kappa shape index (κ2) is 14.0. The van der Waals surface area contributed by atoms with E-state index in [0.29, 0.717) is 16.9 Å². The summed E-state index contributed by atoms with van der Waals surface area (Å²) in [6.07, 6.45) is 5.00. The zero-order valence-electron chi connectivity index (χ0n) is 21.1. The predicted molar refractivity (Wildman–Crippen MR) is 127 cm³/mol. The molecule has 1 saturated carbocycles. The summed E-state index contributed by atoms with van der Waals surface area (Å²) in [5.74, 6) is -2.19. The number of hydrogen-bond acceptors (Lipinski definition) is 6. The molecule has 1 heterocycles. The number of aliphatic carboxylic acids is 1. The fourth-order valence-electron chi connectivity index (χ4n) is 4.46. The van der Waals surface area contributed by atoms with Crippen LogP contribution in [0, 0.1) is 5.82 Å². The third-order valence-electron chi connectivity index (χ3n) is 6.16. The Morgan fingerprint density at radius 1 is 1.19 bits per heavy atom. The summed E-state index contributed by atoms with van der Waals surface area (Å²) in [4.78, 5) is 23.9. The predicted octanol–water partition coefficient (Wildman–Crippen LogP) is -0.534. The van der Waals surface area contributed by atoms with Gasteiger partial charge in [-0.05, 0) is 49.1 Å². The Kier molecular flexibility index (Phi) is 11.8. The van der Waals surface area contributed by atoms with Crippen LogP contribution in [0.2, 0.25) is 0 Å². The number of carbonyl (C=O) groups is 2. The smallest absolute Gasteiger partial charge is 0.550 e. The second-order valence-electron chi connectivity index (χ2n) is 9.39. The Morgan fingerprint density at radius 2 is 1.83 bits per heavy atom. The van der Waals surface area contributed by atoms with Gasteiger partial charge >= 0.3 is 29.6 Å². The van der Waals surface area contributed by atoms with Gasteiger partial charge in [0.1, 0.15) is 5.82 Å². The van der Waals surface area contributed by atoms with Crippen molar-refractivity contribution in [2.45, 2.75) is 83.0 Å². The molecule has 10 heteroatoms. The molecule has 0 saturated heterocycles. The Bertz CT molecular complexity index is 1050. The fourth-order valence-corrected chi connectivity index (χ4v) is 4.46. The maximum absolute atomic E-state index is 13.6. The van der Waals surface area contributed by atoms with Gasteiger partial charge in [0.15, 0.2) is 5.69 Å². The van der Waals surface area contributed by atoms with Gasteiger partial charge in [0.05, 0.1) is 23.6 Å². The molecule has 36 heavy (non-hydrogen) atoms. The summed E-state index contributed by atoms with van der Waals surface area (Å²) in [6.45, 7) is 3.86. The number of amides is 1. The molecule has 1 aliphatic rings. The first-order chi connectivity index (χ1) is 16.7. The van der Waals surface area contributed by atoms with E-state index in [1.807, 2.05) is 13.8 Å². The summed E-state index contributed by atoms with van der Waals surface area (Å²) >= 11 is 0. The first-order valence-corrected chi connectivity index (χ1v) is 12.1. The Labute approximate surface area is 232 Å². The van der Waals surface area contributed by atoms with Gasteiger partial charge in [-0.1, -0.05) is 39.2 Å². The van der Waals surface area contributed by atoms with Crippen molar-refractivity contribution in [1.29, 1.82) is 0 Å². The molecule has 2 aromatic rings. The minimum Gasteiger partial charge on any atom is -0.550 e. The molecule has 1 aromatic heterocycles. The van der Waals surface area contributed by atoms with Gasteiger partial charge in [0, 0.05) is 30.4 Å². The number of carbonyl (C=O) groups excluding carboxylic acids is 2. The number of carboxylic acid groups (broad SMARTS) is 1. The first-order valence-electron chi connectivity index (χ1n) is 12.1. The average molecular weight is 510 g/mol. The molecule has 0 radical (unpaired) electrons. The number of aliphatic hydroxyl groups is 2. The second-order valence-corrected chi connectivity index (χ2v) is 9.39. The topological polar surface area (TPSA) is 128 Å². The Morgan fingerprint density at radius 3 is 2.42 bits per heavy atom. The van der Waals surface area contributed by atoms with Crippen LogP contribution in [0.5, 0.6) is 0 Å². The standard InChI is InChI=1S/C26H34FN3O5.Na/c1-16(2)24-22(13-12-20(31)14-21(32)15-23(33)34)30(19-10-8-17(27)9-11-19)29-25(24)26(35)28-18-6-4-3-5-7-18;/h8-13,16,18,20-21,31-32H,3-7,14-15H2,1-2H3,(H,28,35)(H,33,34);/q;+1/p-1/b13-12+;/t20-,21-;/m1./s1. The van der Waals surface area contributed by atoms with Gasteiger partial charge in [0.2, 0.25) is 0 Å². The molecule has 1 aromatic carbocycles. The van der Waals surface area contributed by atoms with Crippen LogP contribution in [0.4, 0.5) is 4.39 Å². The van der Waals surface area contributed by atoms with Crippen molar-refractivity contribution in [1.82, 2.24) is 15.1 Å². The molecule has 1 amide bonds. The zero-order valence-corrected chi connectivity index (χ0v) is 23.1. The van der Waals surface area contributed by atoms with Crippen molar-refractivity contribution >= 4 is 18.0 Å². The number of aromatic nitrogens is 2. The van der Waals surface area contributed by atoms with Gasteiger partial charge in [-0.2, -0.15) is 5.10 Å². The first kappa shape index (κ1) is 30.2. The molecule has 3 rings (SSSR count). The van der Waals surface area contributed by atoms with Gasteiger partial charge in [-0.15, -0.1) is 0 Å². The normalized spacial score (nSPS) is 16.1. The van der Waals surface area contributed by atoms with Crippen LogP contribution in [0.25, 0.3) is 11.8 Å². The molecule has 8 nitrogen and oxygen atoms in total. The van der Waals surface area contributed by atoms with E-state index in [4.69, 9.17) is 0 Å². The molecule has 190 valence electrons. The fraction of sp³-hybridized carbons (Fsp3) is 0.500. The molecule has 3 N–H and O–H groups in total. The van der Waals surface area contributed by atoms with Crippen molar-refractivity contribution < 1.29 is 58.9 Å². The van der Waals surface area contributed by atoms with Gasteiger partial charge in [0.25, 0.3) is 5.91 Å². The number of hydrogen-bond donors (Lipinski definition) is 3. The third-order valence-corrected chi connectivity index (χ3v) is 6.16. The van der Waals surface area contributed by atoms with Crippen LogP contribution in [-0.4, -0.2) is 50.1 Å². The zero-order chi connectivity index (χ0) is 25.5. The van der Waals surface area contributed by atoms with Gasteiger partial charge in [-0.25, -0.2) is 9.07 Å². The Balaban J connectivity index is 0.00000456. The molecular formula is C26H33FN3NaO5. The van der Waals surface area contributed by atoms with E-state index in [2.05, 4.69) is 10.4 Å². The van der Waals surface area contributed by atoms with Crippen LogP contribution >= 0.6 is 0 Å². The van der Waals surface area contributed by atoms with E-state index >= 15 is 0 Å². The van der Waals surface area contributed by atoms with Crippen LogP contribution in [0.15, 0.2) is 30.3 Å². The molecule has 0 aliphatic heterocycles. The van der Waals surface area contributed by atoms with Gasteiger partial charge in [-0.3, -0.25) is 4.79 Å². The van der Waals surface area contributed by atoms with E-state index in [0.717, 1.165) is 32.1 Å². The van der Waals surface area contributed by atoms with E-state index in [1.165, 1.54) is 22.9 Å². The molecule has 1 fully saturated rings. The van der Waals surface area contributed by atoms with Crippen molar-refractivity contribution in [2.24, 2.45) is 0 Å². The van der Waals surface area contributed by atoms with E-state index < -0.39 is 30.4 Å². The summed E-state index contributed by atoms with van der Waals surface area (Å²) in [5, 5.41) is 38.5. The van der Waals surface area contributed by atoms with Gasteiger partial charge < -0.3 is 25.4 Å². The molecule has 2 atom stereocenters. The number of halogens is 1. The Hall–Kier alpha value is -2.04. The summed E-state index contributed by atoms with van der Waals surface area (Å²) in [5.41, 5.74) is 2.01. The van der Waals surface area contributed by atoms with Crippen molar-refractivity contribution in [2.75, 3.05) is 0 Å². The minimum atomic E-state index is -1.40. The number of nitrogens with one attached hydrogen (secondary N) is 1. The van der Waals surface area contributed by atoms with Crippen molar-refractivity contribution in [3.63, 3.8) is 0 Å². The maximum Gasteiger partial charge on any atom is 1.00 e. The molecular weight excluding hydrogens is 476 g/mol. The summed E-state index contributed by atoms with van der Waals surface area (Å²) < 4.78 is 15.1. The quantitative estimate of drug-likeness (QED) is 0.370. The average Bonchev–Trinajstić information content (AvgIpc) is 3.18. The minimum absolute atomic E-state index is 0. The molecule has 0 spiro atoms. The van der Waals surface area contributed by atoms with Crippen LogP contribution < -0.4 is 40.0 Å². The number of benzene rings is 1. The number of aliphatic hydroxyl groups excluding tert-OH is 2. The molecule has 0 bridgehead atoms. The van der Waals surface area contributed by atoms with E-state index in [9.17, 15) is 29.3 Å². The monoisotopic (exact) mass is 509 g/mol. The number of rotatable bonds is 10. The SMILES string of the molecule is CC(C)c1c(C(=O)NC2CCCCC2)nn(-c2ccc(F)cc2)c1/C=C/[C@@H](O)C[C@@H](O)CC(=O)[O-].[Na+]. The van der Waals surface area contributed by atoms with E-state index in [-0.39, 0.29) is 59.5 Å². The third kappa shape index (κ3) is 8.24. The maximum atomic E-state index is 13.6. The van der Waals surface area contributed by atoms with Crippen LogP contribution in [-0.2, 0) is 4.79 Å². The number of nitrogens with zero attached hydrogens (tertiary/aromatic N) is 2. The van der Waals surface area contributed by atoms with Crippen molar-refractivity contribution in [3.05, 3.63) is 53.1 Å². The summed E-state index contributed by atoms with van der Waals surface area (Å²) in [6, 6.07) is 5.79. The van der Waals surface area contributed by atoms with E-state index in [1.54, 1.807) is 18.2 Å². The number of carboxylic acids is 1. The van der Waals surface area contributed by atoms with Crippen LogP contribution in [0.3, 0.4) is 0 Å². The van der Waals surface area contributed by atoms with Crippen LogP contribution in [0.1, 0.15) is 86.5 Å². The molecule has 1 aliphatic carbocycles.